The molecule has 2 heterocycles. The molecular weight excluding hydrogens is 188 g/mol. The maximum absolute atomic E-state index is 5.74. The topological polar surface area (TPSA) is 24.5 Å². The van der Waals surface area contributed by atoms with E-state index in [2.05, 4.69) is 28.4 Å². The van der Waals surface area contributed by atoms with Gasteiger partial charge in [0.25, 0.3) is 0 Å². The first-order valence-electron chi connectivity index (χ1n) is 5.64. The van der Waals surface area contributed by atoms with E-state index in [9.17, 15) is 0 Å². The molecule has 0 spiro atoms. The van der Waals surface area contributed by atoms with E-state index in [1.54, 1.807) is 0 Å². The van der Waals surface area contributed by atoms with Gasteiger partial charge in [-0.15, -0.1) is 0 Å². The predicted octanol–water partition coefficient (Wildman–Crippen LogP) is 1.25. The van der Waals surface area contributed by atoms with Gasteiger partial charge in [0.1, 0.15) is 5.75 Å². The number of fused-ring (bicyclic) bond motifs is 1. The molecule has 2 aliphatic heterocycles. The van der Waals surface area contributed by atoms with Crippen molar-refractivity contribution < 1.29 is 4.74 Å². The van der Waals surface area contributed by atoms with Gasteiger partial charge in [0, 0.05) is 19.6 Å². The number of anilines is 1. The average molecular weight is 204 g/mol. The molecule has 0 aliphatic carbocycles. The zero-order chi connectivity index (χ0) is 10.1. The first kappa shape index (κ1) is 9.04. The number of hydrogen-bond acceptors (Lipinski definition) is 3. The van der Waals surface area contributed by atoms with Crippen LogP contribution in [0.1, 0.15) is 6.42 Å². The fourth-order valence-corrected chi connectivity index (χ4v) is 2.23. The van der Waals surface area contributed by atoms with Crippen molar-refractivity contribution in [3.8, 4) is 5.75 Å². The van der Waals surface area contributed by atoms with Crippen molar-refractivity contribution in [2.45, 2.75) is 12.5 Å². The van der Waals surface area contributed by atoms with Crippen molar-refractivity contribution in [3.63, 3.8) is 0 Å². The van der Waals surface area contributed by atoms with Gasteiger partial charge in [-0.05, 0) is 18.6 Å². The third-order valence-corrected chi connectivity index (χ3v) is 3.18. The van der Waals surface area contributed by atoms with E-state index in [0.29, 0.717) is 6.04 Å². The van der Waals surface area contributed by atoms with Gasteiger partial charge in [-0.2, -0.15) is 0 Å². The summed E-state index contributed by atoms with van der Waals surface area (Å²) in [6, 6.07) is 9.03. The fourth-order valence-electron chi connectivity index (χ4n) is 2.23. The Kier molecular flexibility index (Phi) is 2.25. The Hall–Kier alpha value is -1.22. The Balaban J connectivity index is 1.94. The van der Waals surface area contributed by atoms with Crippen LogP contribution in [0.5, 0.6) is 5.75 Å². The molecule has 0 saturated carbocycles. The van der Waals surface area contributed by atoms with Crippen LogP contribution in [0, 0.1) is 0 Å². The molecule has 3 nitrogen and oxygen atoms in total. The maximum Gasteiger partial charge on any atom is 0.142 e. The van der Waals surface area contributed by atoms with E-state index < -0.39 is 0 Å². The molecular formula is C12H16N2O. The molecule has 0 amide bonds. The number of rotatable bonds is 1. The summed E-state index contributed by atoms with van der Waals surface area (Å²) in [5.41, 5.74) is 1.27. The SMILES string of the molecule is c1ccc2c(c1)OCCCN2C1CNC1. The highest BCUT2D eigenvalue weighted by molar-refractivity contribution is 5.60. The lowest BCUT2D eigenvalue weighted by Gasteiger charge is -2.39. The lowest BCUT2D eigenvalue weighted by molar-refractivity contribution is 0.321. The summed E-state index contributed by atoms with van der Waals surface area (Å²) >= 11 is 0. The van der Waals surface area contributed by atoms with Crippen LogP contribution in [0.15, 0.2) is 24.3 Å². The highest BCUT2D eigenvalue weighted by atomic mass is 16.5. The van der Waals surface area contributed by atoms with Crippen molar-refractivity contribution >= 4 is 5.69 Å². The number of nitrogens with zero attached hydrogens (tertiary/aromatic N) is 1. The van der Waals surface area contributed by atoms with Crippen molar-refractivity contribution in [2.75, 3.05) is 31.1 Å². The summed E-state index contributed by atoms with van der Waals surface area (Å²) in [5, 5.41) is 3.33. The molecule has 3 rings (SSSR count). The second-order valence-electron chi connectivity index (χ2n) is 4.18. The number of hydrogen-bond donors (Lipinski definition) is 1. The fraction of sp³-hybridized carbons (Fsp3) is 0.500. The number of nitrogens with one attached hydrogen (secondary N) is 1. The summed E-state index contributed by atoms with van der Waals surface area (Å²) in [6.07, 6.45) is 1.12. The van der Waals surface area contributed by atoms with E-state index in [4.69, 9.17) is 4.74 Å². The average Bonchev–Trinajstić information content (AvgIpc) is 2.39. The Morgan fingerprint density at radius 2 is 2.13 bits per heavy atom. The van der Waals surface area contributed by atoms with Crippen LogP contribution < -0.4 is 15.0 Å². The summed E-state index contributed by atoms with van der Waals surface area (Å²) < 4.78 is 5.74. The van der Waals surface area contributed by atoms with Crippen molar-refractivity contribution in [1.82, 2.24) is 5.32 Å². The Bertz CT molecular complexity index is 349. The second-order valence-corrected chi connectivity index (χ2v) is 4.18. The van der Waals surface area contributed by atoms with E-state index in [0.717, 1.165) is 38.4 Å². The molecule has 1 N–H and O–H groups in total. The normalized spacial score (nSPS) is 21.2. The van der Waals surface area contributed by atoms with E-state index in [1.165, 1.54) is 5.69 Å². The first-order chi connectivity index (χ1) is 7.45. The van der Waals surface area contributed by atoms with Gasteiger partial charge in [0.15, 0.2) is 0 Å². The molecule has 0 atom stereocenters. The Morgan fingerprint density at radius 3 is 2.93 bits per heavy atom. The number of ether oxygens (including phenoxy) is 1. The minimum Gasteiger partial charge on any atom is -0.491 e. The van der Waals surface area contributed by atoms with Crippen LogP contribution in [0.25, 0.3) is 0 Å². The summed E-state index contributed by atoms with van der Waals surface area (Å²) in [6.45, 7) is 4.17. The molecule has 15 heavy (non-hydrogen) atoms. The zero-order valence-electron chi connectivity index (χ0n) is 8.78. The minimum absolute atomic E-state index is 0.660. The van der Waals surface area contributed by atoms with Crippen LogP contribution >= 0.6 is 0 Å². The van der Waals surface area contributed by atoms with Crippen LogP contribution in [-0.2, 0) is 0 Å². The third kappa shape index (κ3) is 1.57. The van der Waals surface area contributed by atoms with E-state index >= 15 is 0 Å². The maximum atomic E-state index is 5.74. The molecule has 3 heteroatoms. The van der Waals surface area contributed by atoms with Gasteiger partial charge in [0.05, 0.1) is 18.3 Å². The van der Waals surface area contributed by atoms with Gasteiger partial charge >= 0.3 is 0 Å². The highest BCUT2D eigenvalue weighted by Crippen LogP contribution is 2.32. The molecule has 1 saturated heterocycles. The highest BCUT2D eigenvalue weighted by Gasteiger charge is 2.27. The molecule has 1 aromatic carbocycles. The molecule has 0 aromatic heterocycles. The zero-order valence-corrected chi connectivity index (χ0v) is 8.78. The van der Waals surface area contributed by atoms with E-state index in [-0.39, 0.29) is 0 Å². The van der Waals surface area contributed by atoms with Crippen molar-refractivity contribution in [1.29, 1.82) is 0 Å². The van der Waals surface area contributed by atoms with Crippen LogP contribution in [0.4, 0.5) is 5.69 Å². The van der Waals surface area contributed by atoms with Crippen LogP contribution in [0.3, 0.4) is 0 Å². The lowest BCUT2D eigenvalue weighted by Crippen LogP contribution is -2.57. The van der Waals surface area contributed by atoms with Crippen LogP contribution in [0.2, 0.25) is 0 Å². The predicted molar refractivity (Wildman–Crippen MR) is 60.6 cm³/mol. The largest absolute Gasteiger partial charge is 0.491 e. The quantitative estimate of drug-likeness (QED) is 0.745. The minimum atomic E-state index is 0.660. The second kappa shape index (κ2) is 3.74. The van der Waals surface area contributed by atoms with Gasteiger partial charge in [-0.3, -0.25) is 0 Å². The molecule has 0 radical (unpaired) electrons. The lowest BCUT2D eigenvalue weighted by atomic mass is 10.1. The number of benzene rings is 1. The molecule has 0 unspecified atom stereocenters. The monoisotopic (exact) mass is 204 g/mol. The van der Waals surface area contributed by atoms with Gasteiger partial charge in [-0.1, -0.05) is 12.1 Å². The van der Waals surface area contributed by atoms with Crippen molar-refractivity contribution in [2.24, 2.45) is 0 Å². The standard InChI is InChI=1S/C12H16N2O/c1-2-5-12-11(4-1)14(6-3-7-15-12)10-8-13-9-10/h1-2,4-5,10,13H,3,6-9H2. The van der Waals surface area contributed by atoms with Gasteiger partial charge in [-0.25, -0.2) is 0 Å². The Morgan fingerprint density at radius 1 is 1.27 bits per heavy atom. The Labute approximate surface area is 90.0 Å². The first-order valence-corrected chi connectivity index (χ1v) is 5.64. The summed E-state index contributed by atoms with van der Waals surface area (Å²) in [5.74, 6) is 1.04. The summed E-state index contributed by atoms with van der Waals surface area (Å²) in [4.78, 5) is 2.48. The molecule has 1 aromatic rings. The van der Waals surface area contributed by atoms with Gasteiger partial charge in [0.2, 0.25) is 0 Å². The van der Waals surface area contributed by atoms with E-state index in [1.807, 2.05) is 6.07 Å². The van der Waals surface area contributed by atoms with Gasteiger partial charge < -0.3 is 15.0 Å². The van der Waals surface area contributed by atoms with Crippen LogP contribution in [-0.4, -0.2) is 32.3 Å². The smallest absolute Gasteiger partial charge is 0.142 e. The molecule has 1 fully saturated rings. The third-order valence-electron chi connectivity index (χ3n) is 3.18. The molecule has 2 aliphatic rings. The summed E-state index contributed by atoms with van der Waals surface area (Å²) in [7, 11) is 0. The van der Waals surface area contributed by atoms with Crippen molar-refractivity contribution in [3.05, 3.63) is 24.3 Å². The molecule has 0 bridgehead atoms. The molecule has 80 valence electrons. The number of para-hydroxylation sites is 2.